The van der Waals surface area contributed by atoms with E-state index in [9.17, 15) is 0 Å². The first-order chi connectivity index (χ1) is 33.7. The highest BCUT2D eigenvalue weighted by Gasteiger charge is 2.25. The molecular formula is C62H40N6. The van der Waals surface area contributed by atoms with E-state index in [0.29, 0.717) is 17.5 Å². The van der Waals surface area contributed by atoms with Crippen molar-refractivity contribution in [2.24, 2.45) is 0 Å². The highest BCUT2D eigenvalue weighted by molar-refractivity contribution is 6.15. The van der Waals surface area contributed by atoms with Gasteiger partial charge in [0.2, 0.25) is 0 Å². The average molecular weight is 869 g/mol. The molecule has 0 radical (unpaired) electrons. The van der Waals surface area contributed by atoms with Gasteiger partial charge < -0.3 is 4.57 Å². The summed E-state index contributed by atoms with van der Waals surface area (Å²) in [5.41, 5.74) is 15.7. The van der Waals surface area contributed by atoms with Gasteiger partial charge in [0.1, 0.15) is 5.69 Å². The van der Waals surface area contributed by atoms with Gasteiger partial charge in [-0.1, -0.05) is 206 Å². The van der Waals surface area contributed by atoms with E-state index in [0.717, 1.165) is 83.4 Å². The minimum atomic E-state index is 0.600. The van der Waals surface area contributed by atoms with E-state index >= 15 is 0 Å². The molecule has 4 aromatic heterocycles. The van der Waals surface area contributed by atoms with Gasteiger partial charge in [0.05, 0.1) is 22.2 Å². The van der Waals surface area contributed by atoms with E-state index in [1.807, 2.05) is 30.3 Å². The molecule has 0 fully saturated rings. The molecule has 0 N–H and O–H groups in total. The third-order valence-corrected chi connectivity index (χ3v) is 13.0. The van der Waals surface area contributed by atoms with Crippen LogP contribution >= 0.6 is 0 Å². The number of fused-ring (bicyclic) bond motifs is 6. The summed E-state index contributed by atoms with van der Waals surface area (Å²) >= 11 is 0. The quantitative estimate of drug-likeness (QED) is 0.153. The lowest BCUT2D eigenvalue weighted by Gasteiger charge is -2.18. The molecule has 9 aromatic carbocycles. The summed E-state index contributed by atoms with van der Waals surface area (Å²) in [4.78, 5) is 15.4. The summed E-state index contributed by atoms with van der Waals surface area (Å²) in [6.45, 7) is 0. The Morgan fingerprint density at radius 2 is 0.662 bits per heavy atom. The molecule has 13 rings (SSSR count). The number of aromatic nitrogens is 6. The Bertz CT molecular complexity index is 3920. The van der Waals surface area contributed by atoms with Crippen molar-refractivity contribution in [2.45, 2.75) is 0 Å². The molecule has 0 aliphatic carbocycles. The van der Waals surface area contributed by atoms with E-state index in [4.69, 9.17) is 20.1 Å². The van der Waals surface area contributed by atoms with Crippen LogP contribution in [-0.2, 0) is 0 Å². The van der Waals surface area contributed by atoms with E-state index in [1.165, 1.54) is 21.8 Å². The Kier molecular flexibility index (Phi) is 9.39. The number of rotatable bonds is 8. The molecule has 0 aliphatic rings. The van der Waals surface area contributed by atoms with Gasteiger partial charge in [-0.3, -0.25) is 0 Å². The molecule has 0 atom stereocenters. The third kappa shape index (κ3) is 6.58. The summed E-state index contributed by atoms with van der Waals surface area (Å²) in [6.07, 6.45) is 0. The van der Waals surface area contributed by atoms with Crippen molar-refractivity contribution in [2.75, 3.05) is 0 Å². The van der Waals surface area contributed by atoms with Gasteiger partial charge in [0.25, 0.3) is 0 Å². The zero-order chi connectivity index (χ0) is 45.0. The van der Waals surface area contributed by atoms with Crippen LogP contribution in [0.25, 0.3) is 123 Å². The average Bonchev–Trinajstić information content (AvgIpc) is 3.99. The molecule has 318 valence electrons. The molecule has 68 heavy (non-hydrogen) atoms. The highest BCUT2D eigenvalue weighted by Crippen LogP contribution is 2.46. The summed E-state index contributed by atoms with van der Waals surface area (Å²) in [6, 6.07) is 85.0. The van der Waals surface area contributed by atoms with Crippen LogP contribution in [0.1, 0.15) is 0 Å². The fourth-order valence-electron chi connectivity index (χ4n) is 9.90. The van der Waals surface area contributed by atoms with E-state index in [-0.39, 0.29) is 0 Å². The van der Waals surface area contributed by atoms with Crippen molar-refractivity contribution in [3.8, 4) is 84.6 Å². The monoisotopic (exact) mass is 868 g/mol. The van der Waals surface area contributed by atoms with Crippen molar-refractivity contribution < 1.29 is 0 Å². The molecule has 0 spiro atoms. The van der Waals surface area contributed by atoms with Crippen molar-refractivity contribution in [1.82, 2.24) is 29.1 Å². The van der Waals surface area contributed by atoms with E-state index in [2.05, 4.69) is 221 Å². The first-order valence-corrected chi connectivity index (χ1v) is 22.9. The topological polar surface area (TPSA) is 60.9 Å². The van der Waals surface area contributed by atoms with Crippen LogP contribution in [0.4, 0.5) is 0 Å². The molecular weight excluding hydrogens is 829 g/mol. The summed E-state index contributed by atoms with van der Waals surface area (Å²) in [5, 5.41) is 10.3. The maximum atomic E-state index is 5.55. The van der Waals surface area contributed by atoms with Gasteiger partial charge >= 0.3 is 0 Å². The Morgan fingerprint density at radius 1 is 0.279 bits per heavy atom. The zero-order valence-electron chi connectivity index (χ0n) is 36.8. The smallest absolute Gasteiger partial charge is 0.164 e. The predicted molar refractivity (Wildman–Crippen MR) is 278 cm³/mol. The van der Waals surface area contributed by atoms with Gasteiger partial charge in [0.15, 0.2) is 17.5 Å². The summed E-state index contributed by atoms with van der Waals surface area (Å²) in [7, 11) is 0. The number of hydrogen-bond donors (Lipinski definition) is 0. The standard InChI is InChI=1S/C62H40N6/c1-5-19-41(20-6-1)56-57(43-21-7-2-8-22-43)66-68-58(44-23-9-3-10-24-44)55(51-29-13-14-30-52(51)59(56)68)42-33-35-46(36-34-42)61-63-60(45-25-11-4-12-26-45)64-62(65-61)47-37-39-48(40-38-47)67-53-31-17-15-27-49(53)50-28-16-18-32-54(50)67/h1-40H. The maximum absolute atomic E-state index is 5.55. The summed E-state index contributed by atoms with van der Waals surface area (Å²) in [5.74, 6) is 1.82. The molecule has 4 heterocycles. The molecule has 0 bridgehead atoms. The normalized spacial score (nSPS) is 11.5. The Morgan fingerprint density at radius 3 is 1.21 bits per heavy atom. The minimum Gasteiger partial charge on any atom is -0.309 e. The number of benzene rings is 9. The molecule has 13 aromatic rings. The zero-order valence-corrected chi connectivity index (χ0v) is 36.8. The fourth-order valence-corrected chi connectivity index (χ4v) is 9.90. The van der Waals surface area contributed by atoms with Crippen LogP contribution in [0, 0.1) is 0 Å². The lowest BCUT2D eigenvalue weighted by Crippen LogP contribution is -2.01. The fraction of sp³-hybridized carbons (Fsp3) is 0. The second-order valence-electron chi connectivity index (χ2n) is 17.0. The molecule has 0 amide bonds. The predicted octanol–water partition coefficient (Wildman–Crippen LogP) is 15.4. The second-order valence-corrected chi connectivity index (χ2v) is 17.0. The van der Waals surface area contributed by atoms with Crippen LogP contribution in [0.3, 0.4) is 0 Å². The van der Waals surface area contributed by atoms with Crippen molar-refractivity contribution in [1.29, 1.82) is 0 Å². The van der Waals surface area contributed by atoms with Crippen LogP contribution in [-0.4, -0.2) is 29.1 Å². The van der Waals surface area contributed by atoms with Gasteiger partial charge in [-0.05, 0) is 52.9 Å². The van der Waals surface area contributed by atoms with E-state index in [1.54, 1.807) is 0 Å². The largest absolute Gasteiger partial charge is 0.309 e. The highest BCUT2D eigenvalue weighted by atomic mass is 15.2. The minimum absolute atomic E-state index is 0.600. The number of pyridine rings is 1. The Hall–Kier alpha value is -9.26. The SMILES string of the molecule is c1ccc(-c2nc(-c3ccc(-c4c(-c5ccccc5)n5nc(-c6ccccc6)c(-c6ccccc6)c5c5ccccc45)cc3)nc(-c3ccc(-n4c5ccccc5c5ccccc54)cc3)n2)cc1. The van der Waals surface area contributed by atoms with Gasteiger partial charge in [-0.2, -0.15) is 5.10 Å². The maximum Gasteiger partial charge on any atom is 0.164 e. The Balaban J connectivity index is 0.969. The van der Waals surface area contributed by atoms with Crippen molar-refractivity contribution >= 4 is 38.1 Å². The molecule has 0 saturated heterocycles. The van der Waals surface area contributed by atoms with Gasteiger partial charge in [-0.25, -0.2) is 19.5 Å². The van der Waals surface area contributed by atoms with Crippen LogP contribution < -0.4 is 0 Å². The Labute approximate surface area is 392 Å². The number of para-hydroxylation sites is 2. The molecule has 6 nitrogen and oxygen atoms in total. The van der Waals surface area contributed by atoms with E-state index < -0.39 is 0 Å². The van der Waals surface area contributed by atoms with Gasteiger partial charge in [0, 0.05) is 60.8 Å². The van der Waals surface area contributed by atoms with Gasteiger partial charge in [-0.15, -0.1) is 0 Å². The van der Waals surface area contributed by atoms with Crippen LogP contribution in [0.5, 0.6) is 0 Å². The summed E-state index contributed by atoms with van der Waals surface area (Å²) < 4.78 is 4.51. The van der Waals surface area contributed by atoms with Crippen LogP contribution in [0.2, 0.25) is 0 Å². The molecule has 0 unspecified atom stereocenters. The van der Waals surface area contributed by atoms with Crippen molar-refractivity contribution in [3.05, 3.63) is 243 Å². The first kappa shape index (κ1) is 39.1. The first-order valence-electron chi connectivity index (χ1n) is 22.9. The number of nitrogens with zero attached hydrogens (tertiary/aromatic N) is 6. The molecule has 0 aliphatic heterocycles. The lowest BCUT2D eigenvalue weighted by molar-refractivity contribution is 0.981. The van der Waals surface area contributed by atoms with Crippen molar-refractivity contribution in [3.63, 3.8) is 0 Å². The molecule has 0 saturated carbocycles. The molecule has 6 heteroatoms. The second kappa shape index (κ2) is 16.3. The lowest BCUT2D eigenvalue weighted by atomic mass is 9.91. The third-order valence-electron chi connectivity index (χ3n) is 13.0. The van der Waals surface area contributed by atoms with Crippen LogP contribution in [0.15, 0.2) is 243 Å². The number of hydrogen-bond acceptors (Lipinski definition) is 4.